The topological polar surface area (TPSA) is 97.4 Å². The summed E-state index contributed by atoms with van der Waals surface area (Å²) in [5.41, 5.74) is -1.73. The second kappa shape index (κ2) is 7.76. The number of hydrogen-bond donors (Lipinski definition) is 0. The lowest BCUT2D eigenvalue weighted by molar-refractivity contribution is -0.218. The summed E-state index contributed by atoms with van der Waals surface area (Å²) in [4.78, 5) is 37.7. The third kappa shape index (κ3) is 3.59. The van der Waals surface area contributed by atoms with Crippen LogP contribution >= 0.6 is 0 Å². The van der Waals surface area contributed by atoms with Gasteiger partial charge in [-0.25, -0.2) is 4.79 Å². The van der Waals surface area contributed by atoms with Crippen LogP contribution in [0.3, 0.4) is 0 Å². The van der Waals surface area contributed by atoms with Gasteiger partial charge in [0, 0.05) is 13.0 Å². The maximum Gasteiger partial charge on any atom is 0.353 e. The number of hydrogen-bond acceptors (Lipinski definition) is 8. The Balaban J connectivity index is 2.57. The summed E-state index contributed by atoms with van der Waals surface area (Å²) in [5.74, 6) is -3.29. The van der Waals surface area contributed by atoms with Crippen LogP contribution in [-0.2, 0) is 37.8 Å². The first-order valence-corrected chi connectivity index (χ1v) is 12.3. The Hall–Kier alpha value is -1.45. The number of esters is 3. The van der Waals surface area contributed by atoms with E-state index in [9.17, 15) is 14.4 Å². The van der Waals surface area contributed by atoms with Gasteiger partial charge in [0.25, 0.3) is 0 Å². The standard InChI is InChI=1S/C19H32O8Si/c1-18(2,3)28(7,8)27-13-9-11(16(21)24-5)12-10-14(20)26-19(12,15(13)23-4)17(22)25-6/h11-13,15H,9-10H2,1-8H3/t11-,12-,13+,15-,19-/m0/s1. The summed E-state index contributed by atoms with van der Waals surface area (Å²) in [6.45, 7) is 10.4. The number of ether oxygens (including phenoxy) is 4. The molecule has 8 nitrogen and oxygen atoms in total. The fourth-order valence-corrected chi connectivity index (χ4v) is 5.36. The first kappa shape index (κ1) is 22.8. The number of carbonyl (C=O) groups is 3. The van der Waals surface area contributed by atoms with Gasteiger partial charge in [0.2, 0.25) is 5.60 Å². The third-order valence-electron chi connectivity index (χ3n) is 6.47. The van der Waals surface area contributed by atoms with Crippen LogP contribution < -0.4 is 0 Å². The molecule has 0 aromatic rings. The smallest absolute Gasteiger partial charge is 0.353 e. The molecule has 0 spiro atoms. The van der Waals surface area contributed by atoms with E-state index in [4.69, 9.17) is 23.4 Å². The minimum atomic E-state index is -2.29. The lowest BCUT2D eigenvalue weighted by Gasteiger charge is -2.50. The highest BCUT2D eigenvalue weighted by Crippen LogP contribution is 2.51. The number of fused-ring (bicyclic) bond motifs is 1. The summed E-state index contributed by atoms with van der Waals surface area (Å²) >= 11 is 0. The average molecular weight is 417 g/mol. The summed E-state index contributed by atoms with van der Waals surface area (Å²) in [6.07, 6.45) is -1.32. The molecular formula is C19H32O8Si. The quantitative estimate of drug-likeness (QED) is 0.382. The molecule has 0 unspecified atom stereocenters. The molecule has 1 aliphatic heterocycles. The molecule has 0 radical (unpaired) electrons. The van der Waals surface area contributed by atoms with Crippen molar-refractivity contribution in [1.29, 1.82) is 0 Å². The molecule has 28 heavy (non-hydrogen) atoms. The molecular weight excluding hydrogens is 384 g/mol. The van der Waals surface area contributed by atoms with Gasteiger partial charge in [-0.2, -0.15) is 0 Å². The van der Waals surface area contributed by atoms with Crippen molar-refractivity contribution < 1.29 is 37.8 Å². The van der Waals surface area contributed by atoms with E-state index < -0.39 is 55.9 Å². The predicted octanol–water partition coefficient (Wildman–Crippen LogP) is 2.06. The summed E-state index contributed by atoms with van der Waals surface area (Å²) in [5, 5.41) is -0.103. The minimum absolute atomic E-state index is 0.0818. The molecule has 1 saturated carbocycles. The van der Waals surface area contributed by atoms with Crippen molar-refractivity contribution in [1.82, 2.24) is 0 Å². The Labute approximate surface area is 167 Å². The van der Waals surface area contributed by atoms with E-state index in [2.05, 4.69) is 33.9 Å². The molecule has 1 aliphatic carbocycles. The monoisotopic (exact) mass is 416 g/mol. The average Bonchev–Trinajstić information content (AvgIpc) is 2.96. The van der Waals surface area contributed by atoms with Crippen LogP contribution in [0.5, 0.6) is 0 Å². The molecule has 0 N–H and O–H groups in total. The Morgan fingerprint density at radius 3 is 2.21 bits per heavy atom. The van der Waals surface area contributed by atoms with Crippen molar-refractivity contribution in [2.24, 2.45) is 11.8 Å². The highest BCUT2D eigenvalue weighted by molar-refractivity contribution is 6.74. The van der Waals surface area contributed by atoms with E-state index in [0.717, 1.165) is 0 Å². The highest BCUT2D eigenvalue weighted by Gasteiger charge is 2.70. The fraction of sp³-hybridized carbons (Fsp3) is 0.842. The van der Waals surface area contributed by atoms with Crippen molar-refractivity contribution in [3.8, 4) is 0 Å². The molecule has 2 aliphatic rings. The molecule has 9 heteroatoms. The zero-order chi connectivity index (χ0) is 21.5. The van der Waals surface area contributed by atoms with Crippen LogP contribution in [0.15, 0.2) is 0 Å². The third-order valence-corrected chi connectivity index (χ3v) is 11.0. The van der Waals surface area contributed by atoms with Crippen LogP contribution in [0.4, 0.5) is 0 Å². The summed E-state index contributed by atoms with van der Waals surface area (Å²) in [7, 11) is 1.66. The Morgan fingerprint density at radius 2 is 1.75 bits per heavy atom. The van der Waals surface area contributed by atoms with Gasteiger partial charge in [0.15, 0.2) is 8.32 Å². The largest absolute Gasteiger partial charge is 0.469 e. The van der Waals surface area contributed by atoms with Crippen molar-refractivity contribution in [3.05, 3.63) is 0 Å². The molecule has 0 amide bonds. The normalized spacial score (nSPS) is 33.1. The van der Waals surface area contributed by atoms with E-state index in [1.165, 1.54) is 21.3 Å². The van der Waals surface area contributed by atoms with Crippen LogP contribution in [-0.4, -0.2) is 65.4 Å². The molecule has 2 fully saturated rings. The molecule has 0 bridgehead atoms. The Bertz CT molecular complexity index is 640. The number of carbonyl (C=O) groups excluding carboxylic acids is 3. The molecule has 2 rings (SSSR count). The number of rotatable bonds is 5. The van der Waals surface area contributed by atoms with Crippen LogP contribution in [0, 0.1) is 11.8 Å². The maximum atomic E-state index is 12.9. The van der Waals surface area contributed by atoms with Gasteiger partial charge in [-0.1, -0.05) is 20.8 Å². The predicted molar refractivity (Wildman–Crippen MR) is 102 cm³/mol. The van der Waals surface area contributed by atoms with Gasteiger partial charge < -0.3 is 23.4 Å². The Kier molecular flexibility index (Phi) is 6.33. The van der Waals surface area contributed by atoms with Gasteiger partial charge in [-0.3, -0.25) is 9.59 Å². The van der Waals surface area contributed by atoms with Crippen LogP contribution in [0.2, 0.25) is 18.1 Å². The van der Waals surface area contributed by atoms with Gasteiger partial charge in [0.1, 0.15) is 6.10 Å². The Morgan fingerprint density at radius 1 is 1.14 bits per heavy atom. The van der Waals surface area contributed by atoms with Gasteiger partial charge in [0.05, 0.1) is 32.7 Å². The molecule has 160 valence electrons. The van der Waals surface area contributed by atoms with Crippen LogP contribution in [0.25, 0.3) is 0 Å². The lowest BCUT2D eigenvalue weighted by atomic mass is 9.66. The van der Waals surface area contributed by atoms with Crippen LogP contribution in [0.1, 0.15) is 33.6 Å². The van der Waals surface area contributed by atoms with E-state index in [0.29, 0.717) is 0 Å². The zero-order valence-electron chi connectivity index (χ0n) is 18.0. The summed E-state index contributed by atoms with van der Waals surface area (Å²) in [6, 6.07) is 0. The first-order valence-electron chi connectivity index (χ1n) is 9.44. The van der Waals surface area contributed by atoms with Crippen molar-refractivity contribution >= 4 is 26.2 Å². The van der Waals surface area contributed by atoms with Crippen molar-refractivity contribution in [2.45, 2.75) is 69.6 Å². The zero-order valence-corrected chi connectivity index (χ0v) is 19.0. The minimum Gasteiger partial charge on any atom is -0.469 e. The van der Waals surface area contributed by atoms with Gasteiger partial charge in [-0.15, -0.1) is 0 Å². The highest BCUT2D eigenvalue weighted by atomic mass is 28.4. The van der Waals surface area contributed by atoms with Gasteiger partial charge in [-0.05, 0) is 24.6 Å². The SMILES string of the molecule is COC(=O)[C@H]1C[C@@H](O[Si](C)(C)C(C)(C)C)[C@H](OC)[C@@]2(C(=O)OC)OC(=O)C[C@@H]12. The first-order chi connectivity index (χ1) is 12.9. The molecule has 1 saturated heterocycles. The molecule has 0 aromatic heterocycles. The molecule has 0 aromatic carbocycles. The van der Waals surface area contributed by atoms with E-state index in [1.807, 2.05) is 0 Å². The van der Waals surface area contributed by atoms with Crippen molar-refractivity contribution in [2.75, 3.05) is 21.3 Å². The summed E-state index contributed by atoms with van der Waals surface area (Å²) < 4.78 is 27.7. The molecule has 1 heterocycles. The number of methoxy groups -OCH3 is 3. The lowest BCUT2D eigenvalue weighted by Crippen LogP contribution is -2.67. The second-order valence-electron chi connectivity index (χ2n) is 9.01. The van der Waals surface area contributed by atoms with Crippen molar-refractivity contribution in [3.63, 3.8) is 0 Å². The fourth-order valence-electron chi connectivity index (χ4n) is 4.03. The molecule has 5 atom stereocenters. The van der Waals surface area contributed by atoms with Gasteiger partial charge >= 0.3 is 17.9 Å². The maximum absolute atomic E-state index is 12.9. The second-order valence-corrected chi connectivity index (χ2v) is 13.8. The van der Waals surface area contributed by atoms with E-state index in [-0.39, 0.29) is 17.9 Å². The van der Waals surface area contributed by atoms with E-state index >= 15 is 0 Å². The van der Waals surface area contributed by atoms with E-state index in [1.54, 1.807) is 0 Å².